The molecule has 1 aromatic carbocycles. The van der Waals surface area contributed by atoms with Gasteiger partial charge >= 0.3 is 0 Å². The summed E-state index contributed by atoms with van der Waals surface area (Å²) in [5, 5.41) is 4.59. The Bertz CT molecular complexity index is 790. The fourth-order valence-electron chi connectivity index (χ4n) is 3.44. The Balaban J connectivity index is 1.85. The highest BCUT2D eigenvalue weighted by atomic mass is 19.1. The normalized spacial score (nSPS) is 15.3. The molecule has 0 bridgehead atoms. The van der Waals surface area contributed by atoms with Crippen molar-refractivity contribution in [2.24, 2.45) is 5.92 Å². The van der Waals surface area contributed by atoms with Gasteiger partial charge in [-0.3, -0.25) is 4.79 Å². The van der Waals surface area contributed by atoms with Crippen LogP contribution >= 0.6 is 0 Å². The average Bonchev–Trinajstić information content (AvgIpc) is 3.38. The standard InChI is InChI=1S/C21H28FN3O/c1-13(2)15(4)24(18-10-11-18)21(26)12-20-14(3)23-25(16(20)5)19-8-6-17(22)7-9-19/h6-9,13,15,18H,10-12H2,1-5H3. The van der Waals surface area contributed by atoms with Crippen LogP contribution < -0.4 is 0 Å². The molecule has 0 radical (unpaired) electrons. The first-order valence-corrected chi connectivity index (χ1v) is 9.41. The van der Waals surface area contributed by atoms with Crippen molar-refractivity contribution >= 4 is 5.91 Å². The second-order valence-electron chi connectivity index (χ2n) is 7.73. The molecule has 0 N–H and O–H groups in total. The van der Waals surface area contributed by atoms with Crippen LogP contribution in [-0.2, 0) is 11.2 Å². The zero-order valence-corrected chi connectivity index (χ0v) is 16.3. The van der Waals surface area contributed by atoms with Gasteiger partial charge in [-0.05, 0) is 63.8 Å². The highest BCUT2D eigenvalue weighted by Gasteiger charge is 2.37. The fourth-order valence-corrected chi connectivity index (χ4v) is 3.44. The molecule has 26 heavy (non-hydrogen) atoms. The average molecular weight is 357 g/mol. The molecular formula is C21H28FN3O. The molecule has 1 aromatic heterocycles. The first-order valence-electron chi connectivity index (χ1n) is 9.41. The van der Waals surface area contributed by atoms with Crippen LogP contribution in [0.25, 0.3) is 5.69 Å². The minimum atomic E-state index is -0.270. The summed E-state index contributed by atoms with van der Waals surface area (Å²) in [5.74, 6) is 0.343. The molecule has 0 saturated heterocycles. The molecule has 5 heteroatoms. The number of amides is 1. The van der Waals surface area contributed by atoms with Crippen molar-refractivity contribution in [3.63, 3.8) is 0 Å². The zero-order valence-electron chi connectivity index (χ0n) is 16.3. The smallest absolute Gasteiger partial charge is 0.227 e. The molecule has 2 aromatic rings. The van der Waals surface area contributed by atoms with Gasteiger partial charge in [0.2, 0.25) is 5.91 Å². The van der Waals surface area contributed by atoms with Crippen LogP contribution in [0, 0.1) is 25.6 Å². The third-order valence-electron chi connectivity index (χ3n) is 5.47. The highest BCUT2D eigenvalue weighted by Crippen LogP contribution is 2.32. The molecule has 1 aliphatic rings. The summed E-state index contributed by atoms with van der Waals surface area (Å²) in [6, 6.07) is 6.90. The summed E-state index contributed by atoms with van der Waals surface area (Å²) >= 11 is 0. The Morgan fingerprint density at radius 2 is 1.85 bits per heavy atom. The molecule has 4 nitrogen and oxygen atoms in total. The predicted molar refractivity (Wildman–Crippen MR) is 101 cm³/mol. The van der Waals surface area contributed by atoms with Crippen molar-refractivity contribution in [1.82, 2.24) is 14.7 Å². The van der Waals surface area contributed by atoms with Gasteiger partial charge in [-0.2, -0.15) is 5.10 Å². The lowest BCUT2D eigenvalue weighted by atomic mass is 10.0. The summed E-state index contributed by atoms with van der Waals surface area (Å²) in [7, 11) is 0. The second-order valence-corrected chi connectivity index (χ2v) is 7.73. The van der Waals surface area contributed by atoms with Gasteiger partial charge < -0.3 is 4.90 Å². The van der Waals surface area contributed by atoms with E-state index in [2.05, 4.69) is 30.8 Å². The van der Waals surface area contributed by atoms with Crippen LogP contribution in [0.15, 0.2) is 24.3 Å². The van der Waals surface area contributed by atoms with E-state index in [1.54, 1.807) is 16.8 Å². The molecule has 1 saturated carbocycles. The Hall–Kier alpha value is -2.17. The van der Waals surface area contributed by atoms with Gasteiger partial charge in [-0.1, -0.05) is 13.8 Å². The zero-order chi connectivity index (χ0) is 19.0. The number of carbonyl (C=O) groups is 1. The third kappa shape index (κ3) is 3.67. The first-order chi connectivity index (χ1) is 12.3. The van der Waals surface area contributed by atoms with E-state index in [9.17, 15) is 9.18 Å². The van der Waals surface area contributed by atoms with Crippen LogP contribution in [0.1, 0.15) is 50.6 Å². The summed E-state index contributed by atoms with van der Waals surface area (Å²) in [6.45, 7) is 10.4. The largest absolute Gasteiger partial charge is 0.336 e. The lowest BCUT2D eigenvalue weighted by molar-refractivity contribution is -0.134. The van der Waals surface area contributed by atoms with E-state index in [4.69, 9.17) is 0 Å². The quantitative estimate of drug-likeness (QED) is 0.777. The number of carbonyl (C=O) groups excluding carboxylic acids is 1. The number of aryl methyl sites for hydroxylation is 1. The second kappa shape index (κ2) is 7.22. The van der Waals surface area contributed by atoms with Gasteiger partial charge in [-0.25, -0.2) is 9.07 Å². The molecule has 0 spiro atoms. The van der Waals surface area contributed by atoms with E-state index in [0.717, 1.165) is 35.5 Å². The topological polar surface area (TPSA) is 38.1 Å². The highest BCUT2D eigenvalue weighted by molar-refractivity contribution is 5.80. The summed E-state index contributed by atoms with van der Waals surface area (Å²) in [6.07, 6.45) is 2.58. The minimum Gasteiger partial charge on any atom is -0.336 e. The summed E-state index contributed by atoms with van der Waals surface area (Å²) < 4.78 is 15.0. The van der Waals surface area contributed by atoms with Crippen LogP contribution in [0.5, 0.6) is 0 Å². The van der Waals surface area contributed by atoms with E-state index in [0.29, 0.717) is 18.4 Å². The first kappa shape index (κ1) is 18.6. The number of nitrogens with zero attached hydrogens (tertiary/aromatic N) is 3. The van der Waals surface area contributed by atoms with Crippen LogP contribution in [0.4, 0.5) is 4.39 Å². The molecule has 1 fully saturated rings. The Kier molecular flexibility index (Phi) is 5.17. The Morgan fingerprint density at radius 1 is 1.23 bits per heavy atom. The minimum absolute atomic E-state index is 0.179. The number of hydrogen-bond acceptors (Lipinski definition) is 2. The molecule has 1 unspecified atom stereocenters. The van der Waals surface area contributed by atoms with Crippen molar-refractivity contribution in [2.45, 2.75) is 66.0 Å². The number of rotatable bonds is 6. The molecule has 3 rings (SSSR count). The van der Waals surface area contributed by atoms with Crippen molar-refractivity contribution in [2.75, 3.05) is 0 Å². The summed E-state index contributed by atoms with van der Waals surface area (Å²) in [5.41, 5.74) is 3.57. The van der Waals surface area contributed by atoms with Gasteiger partial charge in [0.15, 0.2) is 0 Å². The Labute approximate surface area is 155 Å². The Morgan fingerprint density at radius 3 is 2.38 bits per heavy atom. The van der Waals surface area contributed by atoms with Gasteiger partial charge in [0.05, 0.1) is 17.8 Å². The van der Waals surface area contributed by atoms with E-state index in [-0.39, 0.29) is 17.8 Å². The van der Waals surface area contributed by atoms with Crippen LogP contribution in [0.2, 0.25) is 0 Å². The van der Waals surface area contributed by atoms with Crippen LogP contribution in [-0.4, -0.2) is 32.7 Å². The molecule has 1 atom stereocenters. The van der Waals surface area contributed by atoms with Gasteiger partial charge in [0.1, 0.15) is 5.82 Å². The maximum atomic E-state index is 13.2. The van der Waals surface area contributed by atoms with Gasteiger partial charge in [0, 0.05) is 23.3 Å². The monoisotopic (exact) mass is 357 g/mol. The molecule has 140 valence electrons. The summed E-state index contributed by atoms with van der Waals surface area (Å²) in [4.78, 5) is 15.2. The number of hydrogen-bond donors (Lipinski definition) is 0. The number of aromatic nitrogens is 2. The lowest BCUT2D eigenvalue weighted by Gasteiger charge is -2.32. The van der Waals surface area contributed by atoms with Crippen molar-refractivity contribution in [1.29, 1.82) is 0 Å². The van der Waals surface area contributed by atoms with E-state index < -0.39 is 0 Å². The number of benzene rings is 1. The fraction of sp³-hybridized carbons (Fsp3) is 0.524. The van der Waals surface area contributed by atoms with Gasteiger partial charge in [-0.15, -0.1) is 0 Å². The number of halogens is 1. The molecule has 1 aliphatic carbocycles. The van der Waals surface area contributed by atoms with Crippen molar-refractivity contribution in [3.8, 4) is 5.69 Å². The van der Waals surface area contributed by atoms with E-state index >= 15 is 0 Å². The molecule has 1 heterocycles. The van der Waals surface area contributed by atoms with Crippen LogP contribution in [0.3, 0.4) is 0 Å². The van der Waals surface area contributed by atoms with E-state index in [1.165, 1.54) is 12.1 Å². The lowest BCUT2D eigenvalue weighted by Crippen LogP contribution is -2.44. The molecular weight excluding hydrogens is 329 g/mol. The van der Waals surface area contributed by atoms with Crippen molar-refractivity contribution < 1.29 is 9.18 Å². The third-order valence-corrected chi connectivity index (χ3v) is 5.47. The maximum Gasteiger partial charge on any atom is 0.227 e. The van der Waals surface area contributed by atoms with Crippen molar-refractivity contribution in [3.05, 3.63) is 47.0 Å². The maximum absolute atomic E-state index is 13.2. The van der Waals surface area contributed by atoms with Gasteiger partial charge in [0.25, 0.3) is 0 Å². The SMILES string of the molecule is Cc1nn(-c2ccc(F)cc2)c(C)c1CC(=O)N(C1CC1)C(C)C(C)C. The molecule has 1 amide bonds. The van der Waals surface area contributed by atoms with E-state index in [1.807, 2.05) is 13.8 Å². The molecule has 0 aliphatic heterocycles. The predicted octanol–water partition coefficient (Wildman–Crippen LogP) is 4.21.